The predicted molar refractivity (Wildman–Crippen MR) is 201 cm³/mol. The Hall–Kier alpha value is -4.17. The molecule has 3 aliphatic rings. The van der Waals surface area contributed by atoms with Gasteiger partial charge < -0.3 is 4.90 Å². The first kappa shape index (κ1) is 31.4. The SMILES string of the molecule is CCc1ccc2c(c1)C(C)(CCCN1/C(=C/C=C/C3=[N+](C)c4ccccc4C3(C)C)C(C)(C)c3ccccc31)c1cc(CC)ccc1-2. The molecule has 7 rings (SSSR count). The summed E-state index contributed by atoms with van der Waals surface area (Å²) in [6.45, 7) is 17.5. The molecule has 47 heavy (non-hydrogen) atoms. The number of aryl methyl sites for hydroxylation is 2. The second-order valence-corrected chi connectivity index (χ2v) is 15.2. The van der Waals surface area contributed by atoms with Gasteiger partial charge in [-0.2, -0.15) is 4.58 Å². The first-order chi connectivity index (χ1) is 22.5. The normalized spacial score (nSPS) is 19.0. The maximum absolute atomic E-state index is 2.62. The summed E-state index contributed by atoms with van der Waals surface area (Å²) in [7, 11) is 2.20. The maximum atomic E-state index is 2.62. The van der Waals surface area contributed by atoms with E-state index in [1.165, 1.54) is 67.3 Å². The third-order valence-electron chi connectivity index (χ3n) is 11.8. The molecule has 0 saturated carbocycles. The van der Waals surface area contributed by atoms with Gasteiger partial charge in [-0.3, -0.25) is 0 Å². The fraction of sp³-hybridized carbons (Fsp3) is 0.356. The summed E-state index contributed by atoms with van der Waals surface area (Å²) in [6, 6.07) is 32.3. The van der Waals surface area contributed by atoms with E-state index in [0.29, 0.717) is 0 Å². The first-order valence-electron chi connectivity index (χ1n) is 17.8. The van der Waals surface area contributed by atoms with Crippen LogP contribution >= 0.6 is 0 Å². The molecule has 0 radical (unpaired) electrons. The summed E-state index contributed by atoms with van der Waals surface area (Å²) in [5.41, 5.74) is 16.8. The van der Waals surface area contributed by atoms with Crippen molar-refractivity contribution in [1.29, 1.82) is 0 Å². The summed E-state index contributed by atoms with van der Waals surface area (Å²) < 4.78 is 2.36. The molecule has 0 atom stereocenters. The van der Waals surface area contributed by atoms with E-state index in [0.717, 1.165) is 32.2 Å². The number of para-hydroxylation sites is 2. The Bertz CT molecular complexity index is 1910. The van der Waals surface area contributed by atoms with E-state index in [4.69, 9.17) is 0 Å². The van der Waals surface area contributed by atoms with Gasteiger partial charge in [0.15, 0.2) is 5.71 Å². The molecule has 0 aromatic heterocycles. The molecule has 0 amide bonds. The molecule has 0 saturated heterocycles. The van der Waals surface area contributed by atoms with E-state index < -0.39 is 0 Å². The molecule has 2 aliphatic heterocycles. The molecule has 4 aromatic carbocycles. The van der Waals surface area contributed by atoms with Crippen LogP contribution < -0.4 is 4.90 Å². The van der Waals surface area contributed by atoms with Crippen LogP contribution in [-0.2, 0) is 29.1 Å². The number of fused-ring (bicyclic) bond motifs is 5. The topological polar surface area (TPSA) is 6.25 Å². The van der Waals surface area contributed by atoms with E-state index in [-0.39, 0.29) is 16.2 Å². The summed E-state index contributed by atoms with van der Waals surface area (Å²) in [5, 5.41) is 0. The lowest BCUT2D eigenvalue weighted by Crippen LogP contribution is -2.29. The average molecular weight is 620 g/mol. The van der Waals surface area contributed by atoms with Crippen molar-refractivity contribution in [1.82, 2.24) is 0 Å². The molecule has 2 heterocycles. The van der Waals surface area contributed by atoms with E-state index in [1.807, 2.05) is 0 Å². The number of anilines is 1. The first-order valence-corrected chi connectivity index (χ1v) is 17.8. The van der Waals surface area contributed by atoms with Crippen molar-refractivity contribution in [3.8, 4) is 11.1 Å². The number of hydrogen-bond donors (Lipinski definition) is 0. The highest BCUT2D eigenvalue weighted by atomic mass is 15.2. The second kappa shape index (κ2) is 11.5. The van der Waals surface area contributed by atoms with Crippen molar-refractivity contribution >= 4 is 17.1 Å². The van der Waals surface area contributed by atoms with Crippen LogP contribution in [-0.4, -0.2) is 23.9 Å². The number of nitrogens with zero attached hydrogens (tertiary/aromatic N) is 2. The van der Waals surface area contributed by atoms with Gasteiger partial charge in [0.05, 0.1) is 5.41 Å². The highest BCUT2D eigenvalue weighted by Crippen LogP contribution is 2.53. The molecule has 0 fully saturated rings. The number of rotatable bonds is 8. The number of hydrogen-bond acceptors (Lipinski definition) is 1. The van der Waals surface area contributed by atoms with Crippen molar-refractivity contribution in [3.63, 3.8) is 0 Å². The van der Waals surface area contributed by atoms with Crippen LogP contribution in [0.15, 0.2) is 109 Å². The van der Waals surface area contributed by atoms with Crippen molar-refractivity contribution < 1.29 is 4.58 Å². The monoisotopic (exact) mass is 619 g/mol. The van der Waals surface area contributed by atoms with E-state index in [1.54, 1.807) is 0 Å². The molecule has 0 N–H and O–H groups in total. The number of allylic oxidation sites excluding steroid dienone is 4. The fourth-order valence-electron chi connectivity index (χ4n) is 8.92. The largest absolute Gasteiger partial charge is 0.344 e. The zero-order valence-electron chi connectivity index (χ0n) is 29.7. The molecular formula is C45H51N2+. The Morgan fingerprint density at radius 1 is 0.681 bits per heavy atom. The lowest BCUT2D eigenvalue weighted by Gasteiger charge is -2.31. The van der Waals surface area contributed by atoms with Crippen LogP contribution in [0.5, 0.6) is 0 Å². The Morgan fingerprint density at radius 3 is 1.89 bits per heavy atom. The molecule has 240 valence electrons. The van der Waals surface area contributed by atoms with E-state index in [2.05, 4.69) is 168 Å². The third kappa shape index (κ3) is 4.86. The van der Waals surface area contributed by atoms with Gasteiger partial charge in [0, 0.05) is 46.5 Å². The minimum atomic E-state index is -0.0752. The van der Waals surface area contributed by atoms with Crippen LogP contribution in [0.25, 0.3) is 11.1 Å². The van der Waals surface area contributed by atoms with Crippen LogP contribution in [0, 0.1) is 0 Å². The number of benzene rings is 4. The van der Waals surface area contributed by atoms with Gasteiger partial charge in [0.1, 0.15) is 7.05 Å². The molecule has 0 unspecified atom stereocenters. The van der Waals surface area contributed by atoms with Gasteiger partial charge in [0.2, 0.25) is 5.69 Å². The summed E-state index contributed by atoms with van der Waals surface area (Å²) in [6.07, 6.45) is 11.4. The molecule has 2 nitrogen and oxygen atoms in total. The van der Waals surface area contributed by atoms with Gasteiger partial charge >= 0.3 is 0 Å². The summed E-state index contributed by atoms with van der Waals surface area (Å²) in [5.74, 6) is 0. The molecule has 0 bridgehead atoms. The van der Waals surface area contributed by atoms with Crippen molar-refractivity contribution in [2.24, 2.45) is 0 Å². The molecule has 0 spiro atoms. The van der Waals surface area contributed by atoms with Crippen LogP contribution in [0.4, 0.5) is 11.4 Å². The molecule has 1 aliphatic carbocycles. The van der Waals surface area contributed by atoms with Crippen LogP contribution in [0.2, 0.25) is 0 Å². The zero-order valence-corrected chi connectivity index (χ0v) is 29.7. The van der Waals surface area contributed by atoms with Crippen molar-refractivity contribution in [2.45, 2.75) is 90.4 Å². The average Bonchev–Trinajstić information content (AvgIpc) is 3.54. The van der Waals surface area contributed by atoms with Gasteiger partial charge in [-0.25, -0.2) is 0 Å². The lowest BCUT2D eigenvalue weighted by atomic mass is 9.75. The van der Waals surface area contributed by atoms with Gasteiger partial charge in [-0.15, -0.1) is 0 Å². The minimum Gasteiger partial charge on any atom is -0.344 e. The smallest absolute Gasteiger partial charge is 0.209 e. The Balaban J connectivity index is 1.21. The quantitative estimate of drug-likeness (QED) is 0.178. The van der Waals surface area contributed by atoms with Gasteiger partial charge in [-0.05, 0) is 90.6 Å². The third-order valence-corrected chi connectivity index (χ3v) is 11.8. The zero-order chi connectivity index (χ0) is 33.1. The summed E-state index contributed by atoms with van der Waals surface area (Å²) in [4.78, 5) is 2.62. The minimum absolute atomic E-state index is 0.00382. The standard InChI is InChI=1S/C45H51N2/c1-9-31-23-25-33-34-26-24-32(10-2)30-38(34)45(7,37(33)29-31)27-16-28-47-40-20-14-12-18-36(40)44(5,6)42(47)22-15-21-41-43(3,4)35-17-11-13-19-39(35)46(41)8/h11-15,17-26,29-30H,9-10,16,27-28H2,1-8H3/q+1. The highest BCUT2D eigenvalue weighted by molar-refractivity contribution is 6.03. The summed E-state index contributed by atoms with van der Waals surface area (Å²) >= 11 is 0. The molecule has 2 heteroatoms. The lowest BCUT2D eigenvalue weighted by molar-refractivity contribution is -0.401. The van der Waals surface area contributed by atoms with Crippen molar-refractivity contribution in [2.75, 3.05) is 18.5 Å². The molecular weight excluding hydrogens is 569 g/mol. The fourth-order valence-corrected chi connectivity index (χ4v) is 8.92. The van der Waals surface area contributed by atoms with Gasteiger partial charge in [-0.1, -0.05) is 113 Å². The Labute approximate surface area is 283 Å². The predicted octanol–water partition coefficient (Wildman–Crippen LogP) is 10.8. The second-order valence-electron chi connectivity index (χ2n) is 15.2. The van der Waals surface area contributed by atoms with Gasteiger partial charge in [0.25, 0.3) is 0 Å². The Kier molecular flexibility index (Phi) is 7.70. The van der Waals surface area contributed by atoms with Crippen LogP contribution in [0.3, 0.4) is 0 Å². The highest BCUT2D eigenvalue weighted by Gasteiger charge is 2.44. The van der Waals surface area contributed by atoms with Crippen LogP contribution in [0.1, 0.15) is 94.7 Å². The van der Waals surface area contributed by atoms with Crippen molar-refractivity contribution in [3.05, 3.63) is 142 Å². The molecule has 4 aromatic rings. The Morgan fingerprint density at radius 2 is 1.28 bits per heavy atom. The maximum Gasteiger partial charge on any atom is 0.209 e. The van der Waals surface area contributed by atoms with E-state index >= 15 is 0 Å². The van der Waals surface area contributed by atoms with E-state index in [9.17, 15) is 0 Å².